The van der Waals surface area contributed by atoms with Gasteiger partial charge in [-0.15, -0.1) is 0 Å². The molecule has 2 saturated heterocycles. The van der Waals surface area contributed by atoms with Gasteiger partial charge in [-0.05, 0) is 0 Å². The average Bonchev–Trinajstić information content (AvgIpc) is 3.65. The van der Waals surface area contributed by atoms with Crippen molar-refractivity contribution >= 4 is 64.2 Å². The van der Waals surface area contributed by atoms with E-state index in [1.54, 1.807) is 11.9 Å². The largest absolute Gasteiger partial charge is 0.481 e. The number of hydrogen-bond donors (Lipinski definition) is 9. The molecule has 4 rings (SSSR count). The second-order valence-electron chi connectivity index (χ2n) is 12.4. The van der Waals surface area contributed by atoms with Crippen LogP contribution in [0, 0.1) is 5.41 Å². The Balaban J connectivity index is 1.24. The number of fused-ring (bicyclic) bond motifs is 1. The molecule has 2 unspecified atom stereocenters. The number of nitrogen functional groups attached to an aromatic ring is 1. The molecule has 2 amide bonds. The minimum Gasteiger partial charge on any atom is -0.386 e. The number of phosphoric ester groups is 3. The normalized spacial score (nSPS) is 24.1. The van der Waals surface area contributed by atoms with E-state index in [4.69, 9.17) is 24.3 Å². The molecule has 0 saturated carbocycles. The fourth-order valence-electron chi connectivity index (χ4n) is 4.98. The zero-order valence-electron chi connectivity index (χ0n) is 28.8. The smallest absolute Gasteiger partial charge is 0.386 e. The summed E-state index contributed by atoms with van der Waals surface area (Å²) in [4.78, 5) is 75.6. The predicted molar refractivity (Wildman–Crippen MR) is 184 cm³/mol. The molecule has 0 bridgehead atoms. The van der Waals surface area contributed by atoms with Gasteiger partial charge in [-0.1, -0.05) is 25.8 Å². The molecule has 25 nitrogen and oxygen atoms in total. The SMILES string of the molecule is CC(C)(COP(=O)(O)OP(=O)(O)OC[C@H]1O[C@@H](n2cnc3c(N)ncnc32)[C@H](O)[C@@H]1OP(=O)(O)O)[C@@H](O)C(=O)NCCC(=O)NCCSN1CCOCC1. The molecule has 306 valence electrons. The maximum absolute atomic E-state index is 12.7. The Morgan fingerprint density at radius 3 is 2.44 bits per heavy atom. The minimum absolute atomic E-state index is 0.0358. The van der Waals surface area contributed by atoms with Crippen LogP contribution in [0.4, 0.5) is 5.82 Å². The summed E-state index contributed by atoms with van der Waals surface area (Å²) in [5.74, 6) is -0.663. The molecule has 10 N–H and O–H groups in total. The number of anilines is 1. The van der Waals surface area contributed by atoms with Crippen molar-refractivity contribution < 1.29 is 80.4 Å². The Hall–Kier alpha value is -2.19. The number of rotatable bonds is 20. The fraction of sp³-hybridized carbons (Fsp3) is 0.720. The van der Waals surface area contributed by atoms with Gasteiger partial charge < -0.3 is 55.6 Å². The first kappa shape index (κ1) is 44.5. The summed E-state index contributed by atoms with van der Waals surface area (Å²) in [6.07, 6.45) is -6.74. The number of carbonyl (C=O) groups is 2. The van der Waals surface area contributed by atoms with E-state index in [0.29, 0.717) is 25.5 Å². The van der Waals surface area contributed by atoms with E-state index >= 15 is 0 Å². The molecule has 7 atom stereocenters. The van der Waals surface area contributed by atoms with Gasteiger partial charge in [0.25, 0.3) is 0 Å². The zero-order chi connectivity index (χ0) is 39.9. The van der Waals surface area contributed by atoms with Gasteiger partial charge in [0.15, 0.2) is 17.7 Å². The zero-order valence-corrected chi connectivity index (χ0v) is 32.3. The van der Waals surface area contributed by atoms with Crippen LogP contribution in [0.2, 0.25) is 0 Å². The van der Waals surface area contributed by atoms with Gasteiger partial charge in [-0.3, -0.25) is 27.7 Å². The average molecular weight is 853 g/mol. The monoisotopic (exact) mass is 852 g/mol. The number of imidazole rings is 1. The second kappa shape index (κ2) is 18.8. The van der Waals surface area contributed by atoms with E-state index < -0.39 is 78.6 Å². The van der Waals surface area contributed by atoms with Crippen molar-refractivity contribution in [2.24, 2.45) is 5.41 Å². The number of morpholine rings is 1. The second-order valence-corrected chi connectivity index (χ2v) is 17.9. The van der Waals surface area contributed by atoms with Crippen molar-refractivity contribution in [1.29, 1.82) is 0 Å². The molecule has 54 heavy (non-hydrogen) atoms. The number of hydrogen-bond acceptors (Lipinski definition) is 19. The Morgan fingerprint density at radius 1 is 1.07 bits per heavy atom. The summed E-state index contributed by atoms with van der Waals surface area (Å²) >= 11 is 1.58. The first-order chi connectivity index (χ1) is 25.2. The summed E-state index contributed by atoms with van der Waals surface area (Å²) in [7, 11) is -16.3. The van der Waals surface area contributed by atoms with Crippen molar-refractivity contribution in [3.05, 3.63) is 12.7 Å². The van der Waals surface area contributed by atoms with Crippen LogP contribution in [-0.2, 0) is 50.6 Å². The number of nitrogens with one attached hydrogen (secondary N) is 2. The molecule has 2 aromatic heterocycles. The number of aliphatic hydroxyl groups excluding tert-OH is 2. The summed E-state index contributed by atoms with van der Waals surface area (Å²) < 4.78 is 69.5. The highest BCUT2D eigenvalue weighted by atomic mass is 32.2. The third-order valence-electron chi connectivity index (χ3n) is 7.75. The van der Waals surface area contributed by atoms with Gasteiger partial charge in [-0.2, -0.15) is 4.31 Å². The number of carbonyl (C=O) groups excluding carboxylic acids is 2. The maximum Gasteiger partial charge on any atom is 0.481 e. The lowest BCUT2D eigenvalue weighted by molar-refractivity contribution is -0.137. The molecule has 0 aromatic carbocycles. The van der Waals surface area contributed by atoms with Crippen LogP contribution < -0.4 is 16.4 Å². The lowest BCUT2D eigenvalue weighted by Gasteiger charge is -2.30. The van der Waals surface area contributed by atoms with E-state index in [1.165, 1.54) is 13.8 Å². The number of nitrogens with zero attached hydrogens (tertiary/aromatic N) is 5. The minimum atomic E-state index is -5.55. The molecular weight excluding hydrogens is 809 g/mol. The first-order valence-corrected chi connectivity index (χ1v) is 21.5. The van der Waals surface area contributed by atoms with Crippen molar-refractivity contribution in [2.45, 2.75) is 50.9 Å². The third kappa shape index (κ3) is 12.9. The maximum atomic E-state index is 12.7. The first-order valence-electron chi connectivity index (χ1n) is 16.0. The van der Waals surface area contributed by atoms with Crippen molar-refractivity contribution in [2.75, 3.05) is 64.1 Å². The van der Waals surface area contributed by atoms with Crippen LogP contribution in [0.25, 0.3) is 11.2 Å². The number of nitrogens with two attached hydrogens (primary N) is 1. The van der Waals surface area contributed by atoms with E-state index in [2.05, 4.69) is 38.7 Å². The standard InChI is InChI=1S/C25H43N8O17P3S/c1-25(2,20(36)23(37)28-4-3-16(34)27-5-10-54-32-6-8-45-9-7-32)12-47-53(43,44)50-52(41,42)46-11-15-19(49-51(38,39)40)18(35)24(48-15)33-14-31-17-21(26)29-13-30-22(17)33/h13-15,18-20,24,35-36H,3-12H2,1-2H3,(H,27,34)(H,28,37)(H,41,42)(H,43,44)(H2,26,29,30)(H2,38,39,40)/t15-,18-,19-,20+,24-/m1/s1. The predicted octanol–water partition coefficient (Wildman–Crippen LogP) is -1.61. The number of amides is 2. The highest BCUT2D eigenvalue weighted by molar-refractivity contribution is 7.97. The molecule has 2 aliphatic heterocycles. The highest BCUT2D eigenvalue weighted by Gasteiger charge is 2.50. The lowest BCUT2D eigenvalue weighted by Crippen LogP contribution is -2.46. The highest BCUT2D eigenvalue weighted by Crippen LogP contribution is 2.61. The van der Waals surface area contributed by atoms with Gasteiger partial charge in [-0.25, -0.2) is 33.0 Å². The quantitative estimate of drug-likeness (QED) is 0.0411. The Morgan fingerprint density at radius 2 is 1.76 bits per heavy atom. The van der Waals surface area contributed by atoms with E-state index in [0.717, 1.165) is 30.3 Å². The molecule has 0 spiro atoms. The molecule has 2 aliphatic rings. The fourth-order valence-corrected chi connectivity index (χ4v) is 8.67. The topological polar surface area (TPSA) is 359 Å². The Bertz CT molecular complexity index is 1750. The summed E-state index contributed by atoms with van der Waals surface area (Å²) in [5.41, 5.74) is 4.31. The number of phosphoric acid groups is 3. The van der Waals surface area contributed by atoms with E-state index in [1.807, 2.05) is 0 Å². The summed E-state index contributed by atoms with van der Waals surface area (Å²) in [5, 5.41) is 26.5. The van der Waals surface area contributed by atoms with Gasteiger partial charge in [0.05, 0.1) is 32.8 Å². The van der Waals surface area contributed by atoms with Gasteiger partial charge in [0.2, 0.25) is 11.8 Å². The number of aliphatic hydroxyl groups is 2. The van der Waals surface area contributed by atoms with Crippen LogP contribution in [0.5, 0.6) is 0 Å². The van der Waals surface area contributed by atoms with E-state index in [9.17, 15) is 53.1 Å². The molecular formula is C25H43N8O17P3S. The van der Waals surface area contributed by atoms with Crippen LogP contribution in [0.1, 0.15) is 26.5 Å². The lowest BCUT2D eigenvalue weighted by atomic mass is 9.87. The molecule has 2 fully saturated rings. The van der Waals surface area contributed by atoms with Gasteiger partial charge in [0.1, 0.15) is 36.3 Å². The van der Waals surface area contributed by atoms with Gasteiger partial charge >= 0.3 is 23.5 Å². The molecule has 29 heteroatoms. The number of aromatic nitrogens is 4. The van der Waals surface area contributed by atoms with Crippen LogP contribution in [0.15, 0.2) is 12.7 Å². The van der Waals surface area contributed by atoms with Crippen LogP contribution in [-0.4, -0.2) is 148 Å². The van der Waals surface area contributed by atoms with Crippen molar-refractivity contribution in [1.82, 2.24) is 34.5 Å². The molecule has 2 aromatic rings. The summed E-state index contributed by atoms with van der Waals surface area (Å²) in [6, 6.07) is 0. The molecule has 0 radical (unpaired) electrons. The van der Waals surface area contributed by atoms with Gasteiger partial charge in [0, 0.05) is 43.8 Å². The molecule has 0 aliphatic carbocycles. The van der Waals surface area contributed by atoms with Crippen LogP contribution in [0.3, 0.4) is 0 Å². The van der Waals surface area contributed by atoms with Crippen molar-refractivity contribution in [3.8, 4) is 0 Å². The number of ether oxygens (including phenoxy) is 2. The Labute approximate surface area is 311 Å². The Kier molecular flexibility index (Phi) is 15.5. The molecule has 4 heterocycles. The third-order valence-corrected chi connectivity index (χ3v) is 12.0. The van der Waals surface area contributed by atoms with E-state index in [-0.39, 0.29) is 35.9 Å². The van der Waals surface area contributed by atoms with Crippen LogP contribution >= 0.6 is 35.4 Å². The summed E-state index contributed by atoms with van der Waals surface area (Å²) in [6.45, 7) is 3.72. The van der Waals surface area contributed by atoms with Crippen molar-refractivity contribution in [3.63, 3.8) is 0 Å².